The molecule has 1 aromatic heterocycles. The Balaban J connectivity index is 2.00. The molecule has 0 amide bonds. The first-order chi connectivity index (χ1) is 10.1. The van der Waals surface area contributed by atoms with Crippen LogP contribution < -0.4 is 4.90 Å². The second-order valence-corrected chi connectivity index (χ2v) is 6.38. The number of pyridine rings is 1. The minimum atomic E-state index is -0.00297. The number of hydrogen-bond donors (Lipinski definition) is 1. The maximum absolute atomic E-state index is 9.76. The molecular weight excluding hydrogens is 262 g/mol. The standard InChI is InChI=1S/C17H27N3O/c1-4-8-17(14-21)9-5-10-20(13-17)12-15-6-7-16(18-11-15)19(2)3/h4,6-7,11,21H,1,5,8-10,12-14H2,2-3H3/t17-/m0/s1. The third kappa shape index (κ3) is 4.05. The second-order valence-electron chi connectivity index (χ2n) is 6.38. The monoisotopic (exact) mass is 289 g/mol. The van der Waals surface area contributed by atoms with Gasteiger partial charge >= 0.3 is 0 Å². The largest absolute Gasteiger partial charge is 0.396 e. The summed E-state index contributed by atoms with van der Waals surface area (Å²) >= 11 is 0. The van der Waals surface area contributed by atoms with Gasteiger partial charge in [0.25, 0.3) is 0 Å². The smallest absolute Gasteiger partial charge is 0.127 e. The molecule has 1 N–H and O–H groups in total. The lowest BCUT2D eigenvalue weighted by Gasteiger charge is -2.41. The van der Waals surface area contributed by atoms with Gasteiger partial charge in [-0.15, -0.1) is 6.58 Å². The Morgan fingerprint density at radius 1 is 1.48 bits per heavy atom. The Morgan fingerprint density at radius 3 is 2.86 bits per heavy atom. The maximum atomic E-state index is 9.76. The second kappa shape index (κ2) is 7.05. The molecule has 0 spiro atoms. The molecule has 1 atom stereocenters. The van der Waals surface area contributed by atoms with Gasteiger partial charge in [0.1, 0.15) is 5.82 Å². The van der Waals surface area contributed by atoms with E-state index in [1.165, 1.54) is 5.56 Å². The van der Waals surface area contributed by atoms with Crippen molar-refractivity contribution in [2.24, 2.45) is 5.41 Å². The van der Waals surface area contributed by atoms with Crippen LogP contribution in [0.15, 0.2) is 31.0 Å². The molecule has 1 aromatic rings. The number of aliphatic hydroxyl groups is 1. The van der Waals surface area contributed by atoms with E-state index in [1.807, 2.05) is 31.3 Å². The van der Waals surface area contributed by atoms with Crippen LogP contribution in [0.1, 0.15) is 24.8 Å². The molecule has 2 rings (SSSR count). The predicted molar refractivity (Wildman–Crippen MR) is 87.4 cm³/mol. The van der Waals surface area contributed by atoms with Crippen LogP contribution in [0.3, 0.4) is 0 Å². The summed E-state index contributed by atoms with van der Waals surface area (Å²) in [5, 5.41) is 9.76. The van der Waals surface area contributed by atoms with Gasteiger partial charge in [-0.3, -0.25) is 4.90 Å². The Kier molecular flexibility index (Phi) is 5.37. The quantitative estimate of drug-likeness (QED) is 0.816. The van der Waals surface area contributed by atoms with Gasteiger partial charge in [0.05, 0.1) is 6.61 Å². The Labute approximate surface area is 128 Å². The van der Waals surface area contributed by atoms with E-state index in [1.54, 1.807) is 0 Å². The van der Waals surface area contributed by atoms with Gasteiger partial charge in [-0.2, -0.15) is 0 Å². The number of likely N-dealkylation sites (tertiary alicyclic amines) is 1. The summed E-state index contributed by atoms with van der Waals surface area (Å²) in [6, 6.07) is 4.20. The van der Waals surface area contributed by atoms with Crippen LogP contribution in [0.4, 0.5) is 5.82 Å². The van der Waals surface area contributed by atoms with Crippen molar-refractivity contribution in [3.8, 4) is 0 Å². The van der Waals surface area contributed by atoms with E-state index in [2.05, 4.69) is 28.6 Å². The number of allylic oxidation sites excluding steroid dienone is 1. The van der Waals surface area contributed by atoms with E-state index in [4.69, 9.17) is 0 Å². The fourth-order valence-corrected chi connectivity index (χ4v) is 3.14. The summed E-state index contributed by atoms with van der Waals surface area (Å²) in [7, 11) is 4.00. The molecule has 1 aliphatic rings. The lowest BCUT2D eigenvalue weighted by atomic mass is 9.78. The van der Waals surface area contributed by atoms with Gasteiger partial charge in [0, 0.05) is 38.8 Å². The third-order valence-corrected chi connectivity index (χ3v) is 4.33. The van der Waals surface area contributed by atoms with Crippen LogP contribution in [0, 0.1) is 5.41 Å². The summed E-state index contributed by atoms with van der Waals surface area (Å²) in [6.45, 7) is 7.01. The first kappa shape index (κ1) is 16.0. The number of rotatable bonds is 6. The van der Waals surface area contributed by atoms with Crippen LogP contribution in [-0.2, 0) is 6.54 Å². The number of aliphatic hydroxyl groups excluding tert-OH is 1. The average Bonchev–Trinajstić information content (AvgIpc) is 2.48. The van der Waals surface area contributed by atoms with Crippen LogP contribution in [0.2, 0.25) is 0 Å². The Bertz CT molecular complexity index is 458. The van der Waals surface area contributed by atoms with Crippen LogP contribution in [0.25, 0.3) is 0 Å². The van der Waals surface area contributed by atoms with Crippen LogP contribution in [-0.4, -0.2) is 48.8 Å². The molecule has 1 aliphatic heterocycles. The fourth-order valence-electron chi connectivity index (χ4n) is 3.14. The molecular formula is C17H27N3O. The highest BCUT2D eigenvalue weighted by Crippen LogP contribution is 2.33. The summed E-state index contributed by atoms with van der Waals surface area (Å²) in [4.78, 5) is 8.90. The van der Waals surface area contributed by atoms with Crippen molar-refractivity contribution < 1.29 is 5.11 Å². The van der Waals surface area contributed by atoms with Crippen molar-refractivity contribution in [3.63, 3.8) is 0 Å². The van der Waals surface area contributed by atoms with Crippen molar-refractivity contribution in [1.29, 1.82) is 0 Å². The molecule has 116 valence electrons. The first-order valence-corrected chi connectivity index (χ1v) is 7.65. The summed E-state index contributed by atoms with van der Waals surface area (Å²) in [5.74, 6) is 0.980. The van der Waals surface area contributed by atoms with Gasteiger partial charge in [0.15, 0.2) is 0 Å². The van der Waals surface area contributed by atoms with Crippen molar-refractivity contribution >= 4 is 5.82 Å². The normalized spacial score (nSPS) is 23.0. The molecule has 0 aliphatic carbocycles. The van der Waals surface area contributed by atoms with Crippen molar-refractivity contribution in [2.75, 3.05) is 38.7 Å². The molecule has 4 nitrogen and oxygen atoms in total. The number of piperidine rings is 1. The molecule has 0 bridgehead atoms. The Hall–Kier alpha value is -1.39. The van der Waals surface area contributed by atoms with Gasteiger partial charge < -0.3 is 10.0 Å². The van der Waals surface area contributed by atoms with Gasteiger partial charge in [-0.1, -0.05) is 12.1 Å². The molecule has 1 fully saturated rings. The van der Waals surface area contributed by atoms with Crippen LogP contribution in [0.5, 0.6) is 0 Å². The minimum Gasteiger partial charge on any atom is -0.396 e. The zero-order chi connectivity index (χ0) is 15.3. The van der Waals surface area contributed by atoms with E-state index >= 15 is 0 Å². The summed E-state index contributed by atoms with van der Waals surface area (Å²) in [5.41, 5.74) is 1.23. The van der Waals surface area contributed by atoms with Crippen molar-refractivity contribution in [2.45, 2.75) is 25.8 Å². The van der Waals surface area contributed by atoms with E-state index < -0.39 is 0 Å². The number of nitrogens with zero attached hydrogens (tertiary/aromatic N) is 3. The molecule has 21 heavy (non-hydrogen) atoms. The fraction of sp³-hybridized carbons (Fsp3) is 0.588. The number of anilines is 1. The third-order valence-electron chi connectivity index (χ3n) is 4.33. The average molecular weight is 289 g/mol. The molecule has 0 saturated carbocycles. The number of aromatic nitrogens is 1. The van der Waals surface area contributed by atoms with Gasteiger partial charge in [-0.05, 0) is 37.4 Å². The van der Waals surface area contributed by atoms with E-state index in [0.717, 1.165) is 44.7 Å². The highest BCUT2D eigenvalue weighted by Gasteiger charge is 2.33. The molecule has 2 heterocycles. The first-order valence-electron chi connectivity index (χ1n) is 7.65. The van der Waals surface area contributed by atoms with Gasteiger partial charge in [0.2, 0.25) is 0 Å². The highest BCUT2D eigenvalue weighted by atomic mass is 16.3. The summed E-state index contributed by atoms with van der Waals surface area (Å²) in [6.07, 6.45) is 7.00. The van der Waals surface area contributed by atoms with Gasteiger partial charge in [-0.25, -0.2) is 4.98 Å². The molecule has 0 aromatic carbocycles. The molecule has 0 unspecified atom stereocenters. The lowest BCUT2D eigenvalue weighted by molar-refractivity contribution is 0.0309. The summed E-state index contributed by atoms with van der Waals surface area (Å²) < 4.78 is 0. The SMILES string of the molecule is C=CC[C@]1(CO)CCCN(Cc2ccc(N(C)C)nc2)C1. The zero-order valence-electron chi connectivity index (χ0n) is 13.3. The highest BCUT2D eigenvalue weighted by molar-refractivity contribution is 5.37. The minimum absolute atomic E-state index is 0.00297. The molecule has 1 saturated heterocycles. The van der Waals surface area contributed by atoms with E-state index in [9.17, 15) is 5.11 Å². The van der Waals surface area contributed by atoms with E-state index in [0.29, 0.717) is 0 Å². The van der Waals surface area contributed by atoms with Crippen molar-refractivity contribution in [3.05, 3.63) is 36.5 Å². The molecule has 4 heteroatoms. The van der Waals surface area contributed by atoms with Crippen LogP contribution >= 0.6 is 0 Å². The predicted octanol–water partition coefficient (Wildman–Crippen LogP) is 2.30. The molecule has 0 radical (unpaired) electrons. The Morgan fingerprint density at radius 2 is 2.29 bits per heavy atom. The lowest BCUT2D eigenvalue weighted by Crippen LogP contribution is -2.44. The van der Waals surface area contributed by atoms with E-state index in [-0.39, 0.29) is 12.0 Å². The maximum Gasteiger partial charge on any atom is 0.127 e. The van der Waals surface area contributed by atoms with Crippen molar-refractivity contribution in [1.82, 2.24) is 9.88 Å². The zero-order valence-corrected chi connectivity index (χ0v) is 13.3. The topological polar surface area (TPSA) is 39.6 Å². The number of hydrogen-bond acceptors (Lipinski definition) is 4.